The summed E-state index contributed by atoms with van der Waals surface area (Å²) in [7, 11) is 1.79. The zero-order valence-electron chi connectivity index (χ0n) is 13.8. The van der Waals surface area contributed by atoms with Gasteiger partial charge in [0.15, 0.2) is 5.96 Å². The van der Waals surface area contributed by atoms with Crippen molar-refractivity contribution in [1.29, 1.82) is 0 Å². The zero-order chi connectivity index (χ0) is 15.4. The average Bonchev–Trinajstić information content (AvgIpc) is 3.06. The maximum Gasteiger partial charge on any atom is 0.223 e. The lowest BCUT2D eigenvalue weighted by Crippen LogP contribution is -2.47. The number of nitrogens with zero attached hydrogens (tertiary/aromatic N) is 1. The summed E-state index contributed by atoms with van der Waals surface area (Å²) in [5.41, 5.74) is 0. The van der Waals surface area contributed by atoms with E-state index in [1.165, 1.54) is 12.8 Å². The molecule has 2 aliphatic heterocycles. The zero-order valence-corrected chi connectivity index (χ0v) is 16.2. The maximum atomic E-state index is 11.7. The number of aliphatic imine (C=N–C) groups is 1. The van der Waals surface area contributed by atoms with Gasteiger partial charge >= 0.3 is 0 Å². The monoisotopic (exact) mass is 436 g/mol. The molecule has 1 aliphatic carbocycles. The van der Waals surface area contributed by atoms with Crippen LogP contribution in [0.1, 0.15) is 44.9 Å². The van der Waals surface area contributed by atoms with Crippen LogP contribution in [0.2, 0.25) is 0 Å². The van der Waals surface area contributed by atoms with Gasteiger partial charge in [0.05, 0.1) is 18.2 Å². The van der Waals surface area contributed by atoms with E-state index in [9.17, 15) is 4.79 Å². The third-order valence-electron chi connectivity index (χ3n) is 5.07. The Morgan fingerprint density at radius 3 is 2.52 bits per heavy atom. The smallest absolute Gasteiger partial charge is 0.223 e. The number of fused-ring (bicyclic) bond motifs is 2. The van der Waals surface area contributed by atoms with Crippen LogP contribution in [-0.2, 0) is 9.53 Å². The Hall–Kier alpha value is -0.570. The van der Waals surface area contributed by atoms with Gasteiger partial charge in [0.25, 0.3) is 0 Å². The van der Waals surface area contributed by atoms with Crippen molar-refractivity contribution in [2.24, 2.45) is 10.9 Å². The molecule has 2 heterocycles. The van der Waals surface area contributed by atoms with E-state index in [0.29, 0.717) is 18.2 Å². The van der Waals surface area contributed by atoms with Crippen molar-refractivity contribution in [2.75, 3.05) is 20.1 Å². The molecule has 0 aromatic rings. The Morgan fingerprint density at radius 1 is 1.17 bits per heavy atom. The van der Waals surface area contributed by atoms with Gasteiger partial charge in [0.2, 0.25) is 5.91 Å². The number of hydrogen-bond donors (Lipinski definition) is 3. The van der Waals surface area contributed by atoms with Crippen LogP contribution >= 0.6 is 24.0 Å². The van der Waals surface area contributed by atoms with E-state index >= 15 is 0 Å². The van der Waals surface area contributed by atoms with E-state index in [2.05, 4.69) is 20.9 Å². The van der Waals surface area contributed by atoms with Crippen molar-refractivity contribution in [3.8, 4) is 0 Å². The summed E-state index contributed by atoms with van der Waals surface area (Å²) in [5, 5.41) is 9.79. The number of amides is 1. The Balaban J connectivity index is 0.00000192. The summed E-state index contributed by atoms with van der Waals surface area (Å²) in [4.78, 5) is 16.0. The molecule has 1 saturated carbocycles. The van der Waals surface area contributed by atoms with Gasteiger partial charge in [-0.25, -0.2) is 0 Å². The lowest BCUT2D eigenvalue weighted by Gasteiger charge is -2.24. The van der Waals surface area contributed by atoms with Crippen molar-refractivity contribution in [3.63, 3.8) is 0 Å². The second-order valence-electron chi connectivity index (χ2n) is 6.63. The average molecular weight is 436 g/mol. The molecule has 3 N–H and O–H groups in total. The Kier molecular flexibility index (Phi) is 7.39. The summed E-state index contributed by atoms with van der Waals surface area (Å²) >= 11 is 0. The first-order valence-electron chi connectivity index (χ1n) is 8.66. The van der Waals surface area contributed by atoms with Crippen LogP contribution in [0.3, 0.4) is 0 Å². The number of guanidine groups is 1. The van der Waals surface area contributed by atoms with Gasteiger partial charge < -0.3 is 20.7 Å². The topological polar surface area (TPSA) is 74.8 Å². The highest BCUT2D eigenvalue weighted by atomic mass is 127. The summed E-state index contributed by atoms with van der Waals surface area (Å²) < 4.78 is 5.85. The van der Waals surface area contributed by atoms with Crippen molar-refractivity contribution in [2.45, 2.75) is 63.2 Å². The highest BCUT2D eigenvalue weighted by Gasteiger charge is 2.41. The fraction of sp³-hybridized carbons (Fsp3) is 0.875. The number of ether oxygens (including phenoxy) is 1. The lowest BCUT2D eigenvalue weighted by atomic mass is 9.85. The molecule has 3 aliphatic rings. The molecule has 3 unspecified atom stereocenters. The molecule has 0 radical (unpaired) electrons. The van der Waals surface area contributed by atoms with Crippen molar-refractivity contribution in [1.82, 2.24) is 16.0 Å². The SMILES string of the molecule is CN=C(NCCCNC(=O)C1CCC1)NC1CC2CCC1O2.I. The molecular formula is C16H29IN4O2. The van der Waals surface area contributed by atoms with Crippen LogP contribution in [0.15, 0.2) is 4.99 Å². The second kappa shape index (κ2) is 9.05. The minimum absolute atomic E-state index is 0. The van der Waals surface area contributed by atoms with E-state index in [1.807, 2.05) is 0 Å². The first-order chi connectivity index (χ1) is 10.8. The molecule has 0 aromatic carbocycles. The highest BCUT2D eigenvalue weighted by Crippen LogP contribution is 2.34. The molecule has 23 heavy (non-hydrogen) atoms. The molecule has 6 nitrogen and oxygen atoms in total. The largest absolute Gasteiger partial charge is 0.373 e. The van der Waals surface area contributed by atoms with Crippen LogP contribution in [0.5, 0.6) is 0 Å². The van der Waals surface area contributed by atoms with Crippen molar-refractivity contribution >= 4 is 35.8 Å². The molecule has 132 valence electrons. The van der Waals surface area contributed by atoms with E-state index in [1.54, 1.807) is 7.05 Å². The second-order valence-corrected chi connectivity index (χ2v) is 6.63. The van der Waals surface area contributed by atoms with Crippen LogP contribution in [-0.4, -0.2) is 50.3 Å². The summed E-state index contributed by atoms with van der Waals surface area (Å²) in [6, 6.07) is 0.392. The lowest BCUT2D eigenvalue weighted by molar-refractivity contribution is -0.127. The molecule has 2 saturated heterocycles. The third-order valence-corrected chi connectivity index (χ3v) is 5.07. The fourth-order valence-electron chi connectivity index (χ4n) is 3.48. The van der Waals surface area contributed by atoms with Gasteiger partial charge in [0, 0.05) is 26.1 Å². The molecular weight excluding hydrogens is 407 g/mol. The van der Waals surface area contributed by atoms with E-state index in [4.69, 9.17) is 4.74 Å². The van der Waals surface area contributed by atoms with Gasteiger partial charge in [-0.1, -0.05) is 6.42 Å². The first-order valence-corrected chi connectivity index (χ1v) is 8.66. The molecule has 3 rings (SSSR count). The summed E-state index contributed by atoms with van der Waals surface area (Å²) in [5.74, 6) is 1.35. The van der Waals surface area contributed by atoms with Crippen LogP contribution in [0.25, 0.3) is 0 Å². The Labute approximate surface area is 155 Å². The first kappa shape index (κ1) is 18.8. The van der Waals surface area contributed by atoms with Crippen molar-refractivity contribution < 1.29 is 9.53 Å². The molecule has 2 bridgehead atoms. The Bertz CT molecular complexity index is 428. The third kappa shape index (κ3) is 4.95. The minimum atomic E-state index is 0. The normalized spacial score (nSPS) is 29.6. The number of hydrogen-bond acceptors (Lipinski definition) is 3. The van der Waals surface area contributed by atoms with Gasteiger partial charge in [-0.05, 0) is 38.5 Å². The number of carbonyl (C=O) groups excluding carboxylic acids is 1. The van der Waals surface area contributed by atoms with E-state index < -0.39 is 0 Å². The van der Waals surface area contributed by atoms with Gasteiger partial charge in [-0.15, -0.1) is 24.0 Å². The summed E-state index contributed by atoms with van der Waals surface area (Å²) in [6.07, 6.45) is 8.48. The van der Waals surface area contributed by atoms with Crippen LogP contribution < -0.4 is 16.0 Å². The summed E-state index contributed by atoms with van der Waals surface area (Å²) in [6.45, 7) is 1.54. The van der Waals surface area contributed by atoms with Crippen LogP contribution in [0.4, 0.5) is 0 Å². The minimum Gasteiger partial charge on any atom is -0.373 e. The number of rotatable bonds is 6. The number of halogens is 1. The van der Waals surface area contributed by atoms with Gasteiger partial charge in [-0.3, -0.25) is 9.79 Å². The van der Waals surface area contributed by atoms with E-state index in [-0.39, 0.29) is 35.8 Å². The Morgan fingerprint density at radius 2 is 1.96 bits per heavy atom. The van der Waals surface area contributed by atoms with E-state index in [0.717, 1.165) is 51.2 Å². The maximum absolute atomic E-state index is 11.7. The molecule has 0 spiro atoms. The van der Waals surface area contributed by atoms with Gasteiger partial charge in [-0.2, -0.15) is 0 Å². The predicted molar refractivity (Wildman–Crippen MR) is 101 cm³/mol. The number of nitrogens with one attached hydrogen (secondary N) is 3. The quantitative estimate of drug-likeness (QED) is 0.255. The van der Waals surface area contributed by atoms with Crippen LogP contribution in [0, 0.1) is 5.92 Å². The molecule has 1 amide bonds. The fourth-order valence-corrected chi connectivity index (χ4v) is 3.48. The molecule has 7 heteroatoms. The highest BCUT2D eigenvalue weighted by molar-refractivity contribution is 14.0. The number of carbonyl (C=O) groups is 1. The molecule has 3 atom stereocenters. The predicted octanol–water partition coefficient (Wildman–Crippen LogP) is 1.40. The standard InChI is InChI=1S/C16H28N4O2.HI/c1-17-16(20-13-10-12-6-7-14(13)22-12)19-9-3-8-18-15(21)11-4-2-5-11;/h11-14H,2-10H2,1H3,(H,18,21)(H2,17,19,20);1H. The molecule has 3 fully saturated rings. The molecule has 0 aromatic heterocycles. The van der Waals surface area contributed by atoms with Crippen molar-refractivity contribution in [3.05, 3.63) is 0 Å². The van der Waals surface area contributed by atoms with Gasteiger partial charge in [0.1, 0.15) is 0 Å².